The molecule has 0 unspecified atom stereocenters. The van der Waals surface area contributed by atoms with Gasteiger partial charge in [0.15, 0.2) is 0 Å². The third-order valence-electron chi connectivity index (χ3n) is 3.14. The molecule has 1 heterocycles. The SMILES string of the molecule is COc1cc(CCC2(N)CC2)c(OC)cn1. The van der Waals surface area contributed by atoms with Crippen LogP contribution in [-0.2, 0) is 6.42 Å². The highest BCUT2D eigenvalue weighted by Crippen LogP contribution is 2.37. The summed E-state index contributed by atoms with van der Waals surface area (Å²) in [4.78, 5) is 4.11. The van der Waals surface area contributed by atoms with E-state index in [1.807, 2.05) is 6.07 Å². The first kappa shape index (κ1) is 11.2. The Hall–Kier alpha value is -1.29. The lowest BCUT2D eigenvalue weighted by Crippen LogP contribution is -2.22. The highest BCUT2D eigenvalue weighted by atomic mass is 16.5. The molecule has 16 heavy (non-hydrogen) atoms. The second-order valence-electron chi connectivity index (χ2n) is 4.40. The molecular formula is C12H18N2O2. The van der Waals surface area contributed by atoms with E-state index >= 15 is 0 Å². The van der Waals surface area contributed by atoms with Crippen molar-refractivity contribution in [2.45, 2.75) is 31.2 Å². The van der Waals surface area contributed by atoms with Crippen molar-refractivity contribution in [1.29, 1.82) is 0 Å². The van der Waals surface area contributed by atoms with Crippen LogP contribution in [0.5, 0.6) is 11.6 Å². The zero-order valence-corrected chi connectivity index (χ0v) is 9.82. The van der Waals surface area contributed by atoms with E-state index in [1.165, 1.54) is 0 Å². The fourth-order valence-corrected chi connectivity index (χ4v) is 1.75. The van der Waals surface area contributed by atoms with E-state index in [0.717, 1.165) is 37.0 Å². The highest BCUT2D eigenvalue weighted by molar-refractivity contribution is 5.35. The van der Waals surface area contributed by atoms with Crippen LogP contribution in [0.2, 0.25) is 0 Å². The summed E-state index contributed by atoms with van der Waals surface area (Å²) >= 11 is 0. The van der Waals surface area contributed by atoms with Crippen molar-refractivity contribution in [1.82, 2.24) is 4.98 Å². The van der Waals surface area contributed by atoms with Gasteiger partial charge >= 0.3 is 0 Å². The number of methoxy groups -OCH3 is 2. The molecule has 1 aromatic rings. The van der Waals surface area contributed by atoms with E-state index < -0.39 is 0 Å². The molecule has 4 heteroatoms. The monoisotopic (exact) mass is 222 g/mol. The van der Waals surface area contributed by atoms with E-state index in [4.69, 9.17) is 15.2 Å². The van der Waals surface area contributed by atoms with Crippen LogP contribution >= 0.6 is 0 Å². The Balaban J connectivity index is 2.09. The van der Waals surface area contributed by atoms with Crippen molar-refractivity contribution in [2.75, 3.05) is 14.2 Å². The smallest absolute Gasteiger partial charge is 0.213 e. The van der Waals surface area contributed by atoms with Gasteiger partial charge in [-0.15, -0.1) is 0 Å². The van der Waals surface area contributed by atoms with Gasteiger partial charge in [0.05, 0.1) is 20.4 Å². The maximum atomic E-state index is 6.07. The van der Waals surface area contributed by atoms with Crippen molar-refractivity contribution in [3.63, 3.8) is 0 Å². The quantitative estimate of drug-likeness (QED) is 0.820. The molecule has 2 rings (SSSR count). The number of hydrogen-bond acceptors (Lipinski definition) is 4. The first-order valence-electron chi connectivity index (χ1n) is 5.53. The molecule has 0 atom stereocenters. The van der Waals surface area contributed by atoms with Crippen LogP contribution in [0, 0.1) is 0 Å². The molecule has 1 fully saturated rings. The minimum absolute atomic E-state index is 0.0709. The molecular weight excluding hydrogens is 204 g/mol. The average molecular weight is 222 g/mol. The second kappa shape index (κ2) is 4.29. The number of pyridine rings is 1. The first-order chi connectivity index (χ1) is 7.67. The number of aromatic nitrogens is 1. The predicted molar refractivity (Wildman–Crippen MR) is 61.8 cm³/mol. The Morgan fingerprint density at radius 1 is 1.38 bits per heavy atom. The van der Waals surface area contributed by atoms with Crippen molar-refractivity contribution in [2.24, 2.45) is 5.73 Å². The Bertz CT molecular complexity index is 375. The normalized spacial score (nSPS) is 16.9. The second-order valence-corrected chi connectivity index (χ2v) is 4.40. The zero-order chi connectivity index (χ0) is 11.6. The molecule has 1 aliphatic rings. The van der Waals surface area contributed by atoms with E-state index in [2.05, 4.69) is 4.98 Å². The summed E-state index contributed by atoms with van der Waals surface area (Å²) in [5.41, 5.74) is 7.26. The molecule has 1 saturated carbocycles. The van der Waals surface area contributed by atoms with E-state index in [-0.39, 0.29) is 5.54 Å². The van der Waals surface area contributed by atoms with Gasteiger partial charge in [-0.3, -0.25) is 0 Å². The maximum absolute atomic E-state index is 6.07. The van der Waals surface area contributed by atoms with Crippen LogP contribution in [-0.4, -0.2) is 24.7 Å². The van der Waals surface area contributed by atoms with E-state index in [0.29, 0.717) is 5.88 Å². The highest BCUT2D eigenvalue weighted by Gasteiger charge is 2.37. The summed E-state index contributed by atoms with van der Waals surface area (Å²) in [6, 6.07) is 1.92. The molecule has 0 spiro atoms. The molecule has 1 aromatic heterocycles. The Morgan fingerprint density at radius 2 is 2.12 bits per heavy atom. The average Bonchev–Trinajstić information content (AvgIpc) is 3.05. The zero-order valence-electron chi connectivity index (χ0n) is 9.82. The largest absolute Gasteiger partial charge is 0.495 e. The van der Waals surface area contributed by atoms with Crippen LogP contribution in [0.15, 0.2) is 12.3 Å². The standard InChI is InChI=1S/C12H18N2O2/c1-15-10-8-14-11(16-2)7-9(10)3-4-12(13)5-6-12/h7-8H,3-6,13H2,1-2H3. The van der Waals surface area contributed by atoms with Gasteiger partial charge in [0.1, 0.15) is 5.75 Å². The lowest BCUT2D eigenvalue weighted by atomic mass is 10.0. The van der Waals surface area contributed by atoms with Crippen LogP contribution < -0.4 is 15.2 Å². The molecule has 0 radical (unpaired) electrons. The lowest BCUT2D eigenvalue weighted by molar-refractivity contribution is 0.383. The third-order valence-corrected chi connectivity index (χ3v) is 3.14. The van der Waals surface area contributed by atoms with Crippen molar-refractivity contribution in [3.8, 4) is 11.6 Å². The van der Waals surface area contributed by atoms with E-state index in [1.54, 1.807) is 20.4 Å². The summed E-state index contributed by atoms with van der Waals surface area (Å²) in [6.45, 7) is 0. The number of aryl methyl sites for hydroxylation is 1. The number of nitrogens with two attached hydrogens (primary N) is 1. The predicted octanol–water partition coefficient (Wildman–Crippen LogP) is 1.52. The Labute approximate surface area is 95.8 Å². The maximum Gasteiger partial charge on any atom is 0.213 e. The molecule has 0 saturated heterocycles. The van der Waals surface area contributed by atoms with Crippen LogP contribution in [0.3, 0.4) is 0 Å². The summed E-state index contributed by atoms with van der Waals surface area (Å²) in [5.74, 6) is 1.43. The minimum atomic E-state index is 0.0709. The molecule has 2 N–H and O–H groups in total. The molecule has 88 valence electrons. The third kappa shape index (κ3) is 2.44. The van der Waals surface area contributed by atoms with Gasteiger partial charge in [-0.2, -0.15) is 0 Å². The van der Waals surface area contributed by atoms with Gasteiger partial charge in [0.2, 0.25) is 5.88 Å². The molecule has 0 bridgehead atoms. The topological polar surface area (TPSA) is 57.4 Å². The van der Waals surface area contributed by atoms with Crippen molar-refractivity contribution >= 4 is 0 Å². The molecule has 0 amide bonds. The molecule has 0 aliphatic heterocycles. The summed E-state index contributed by atoms with van der Waals surface area (Å²) < 4.78 is 10.4. The van der Waals surface area contributed by atoms with Gasteiger partial charge in [0.25, 0.3) is 0 Å². The summed E-state index contributed by atoms with van der Waals surface area (Å²) in [7, 11) is 3.27. The Kier molecular flexibility index (Phi) is 3.01. The lowest BCUT2D eigenvalue weighted by Gasteiger charge is -2.12. The van der Waals surface area contributed by atoms with Gasteiger partial charge < -0.3 is 15.2 Å². The van der Waals surface area contributed by atoms with Gasteiger partial charge in [-0.05, 0) is 25.7 Å². The van der Waals surface area contributed by atoms with E-state index in [9.17, 15) is 0 Å². The summed E-state index contributed by atoms with van der Waals surface area (Å²) in [6.07, 6.45) is 5.88. The number of nitrogens with zero attached hydrogens (tertiary/aromatic N) is 1. The van der Waals surface area contributed by atoms with Gasteiger partial charge in [-0.25, -0.2) is 4.98 Å². The number of hydrogen-bond donors (Lipinski definition) is 1. The van der Waals surface area contributed by atoms with Crippen LogP contribution in [0.25, 0.3) is 0 Å². The number of ether oxygens (including phenoxy) is 2. The molecule has 1 aliphatic carbocycles. The number of rotatable bonds is 5. The van der Waals surface area contributed by atoms with Crippen LogP contribution in [0.1, 0.15) is 24.8 Å². The van der Waals surface area contributed by atoms with Crippen molar-refractivity contribution in [3.05, 3.63) is 17.8 Å². The minimum Gasteiger partial charge on any atom is -0.495 e. The molecule has 4 nitrogen and oxygen atoms in total. The Morgan fingerprint density at radius 3 is 2.69 bits per heavy atom. The first-order valence-corrected chi connectivity index (χ1v) is 5.53. The molecule has 0 aromatic carbocycles. The fraction of sp³-hybridized carbons (Fsp3) is 0.583. The van der Waals surface area contributed by atoms with Gasteiger partial charge in [0, 0.05) is 17.2 Å². The van der Waals surface area contributed by atoms with Gasteiger partial charge in [-0.1, -0.05) is 0 Å². The summed E-state index contributed by atoms with van der Waals surface area (Å²) in [5, 5.41) is 0. The fourth-order valence-electron chi connectivity index (χ4n) is 1.75. The van der Waals surface area contributed by atoms with Crippen LogP contribution in [0.4, 0.5) is 0 Å². The van der Waals surface area contributed by atoms with Crippen molar-refractivity contribution < 1.29 is 9.47 Å².